The molecule has 0 bridgehead atoms. The predicted octanol–water partition coefficient (Wildman–Crippen LogP) is 12.2. The van der Waals surface area contributed by atoms with Crippen LogP contribution in [-0.4, -0.2) is 14.4 Å². The molecule has 0 N–H and O–H groups in total. The summed E-state index contributed by atoms with van der Waals surface area (Å²) in [5.41, 5.74) is 12.3. The zero-order valence-electron chi connectivity index (χ0n) is 29.9. The summed E-state index contributed by atoms with van der Waals surface area (Å²) in [4.78, 5) is 10.7. The molecule has 0 unspecified atom stereocenters. The molecule has 6 heteroatoms. The van der Waals surface area contributed by atoms with Crippen molar-refractivity contribution in [2.24, 2.45) is 0 Å². The van der Waals surface area contributed by atoms with E-state index in [1.54, 1.807) is 0 Å². The Hall–Kier alpha value is -5.25. The first-order valence-corrected chi connectivity index (χ1v) is 17.4. The summed E-state index contributed by atoms with van der Waals surface area (Å²) in [7, 11) is 0. The summed E-state index contributed by atoms with van der Waals surface area (Å²) in [5, 5.41) is 2.13. The number of pyridine rings is 1. The number of rotatable bonds is 4. The van der Waals surface area contributed by atoms with Crippen molar-refractivity contribution < 1.29 is 29.9 Å². The van der Waals surface area contributed by atoms with E-state index >= 15 is 0 Å². The Balaban J connectivity index is 0.00000387. The number of oxazole rings is 1. The quantitative estimate of drug-likeness (QED) is 0.165. The van der Waals surface area contributed by atoms with Crippen molar-refractivity contribution in [2.45, 2.75) is 52.4 Å². The Bertz CT molecular complexity index is 2770. The molecular formula is C46H37N3O2Pt. The van der Waals surface area contributed by atoms with Gasteiger partial charge in [0.2, 0.25) is 5.71 Å². The third-order valence-electron chi connectivity index (χ3n) is 9.80. The average Bonchev–Trinajstić information content (AvgIpc) is 3.81. The number of hydrogen-bond acceptors (Lipinski definition) is 4. The van der Waals surface area contributed by atoms with E-state index in [1.807, 2.05) is 48.5 Å². The van der Waals surface area contributed by atoms with E-state index in [-0.39, 0.29) is 31.9 Å². The van der Waals surface area contributed by atoms with Crippen molar-refractivity contribution in [2.75, 3.05) is 0 Å². The van der Waals surface area contributed by atoms with Crippen LogP contribution in [0.3, 0.4) is 0 Å². The van der Waals surface area contributed by atoms with Gasteiger partial charge in [0.25, 0.3) is 0 Å². The minimum absolute atomic E-state index is 0. The topological polar surface area (TPSA) is 56.5 Å². The van der Waals surface area contributed by atoms with Crippen LogP contribution in [0.5, 0.6) is 0 Å². The van der Waals surface area contributed by atoms with Crippen molar-refractivity contribution in [1.29, 1.82) is 0 Å². The average molecular weight is 859 g/mol. The second kappa shape index (κ2) is 12.5. The largest absolute Gasteiger partial charge is 2.00 e. The maximum atomic E-state index is 6.76. The minimum atomic E-state index is -0.148. The fraction of sp³-hybridized carbons (Fsp3) is 0.174. The van der Waals surface area contributed by atoms with Gasteiger partial charge in [-0.15, -0.1) is 54.1 Å². The summed E-state index contributed by atoms with van der Waals surface area (Å²) in [6.45, 7) is 13.4. The summed E-state index contributed by atoms with van der Waals surface area (Å²) < 4.78 is 15.3. The molecule has 52 heavy (non-hydrogen) atoms. The molecule has 0 fully saturated rings. The maximum Gasteiger partial charge on any atom is 2.00 e. The number of nitrogens with zero attached hydrogens (tertiary/aromatic N) is 3. The van der Waals surface area contributed by atoms with Crippen LogP contribution in [0.4, 0.5) is 0 Å². The Morgan fingerprint density at radius 2 is 1.33 bits per heavy atom. The van der Waals surface area contributed by atoms with E-state index in [4.69, 9.17) is 18.8 Å². The van der Waals surface area contributed by atoms with Gasteiger partial charge >= 0.3 is 21.1 Å². The SMILES string of the molecule is CC(C)(C)c1cc(-c2ccccc2-c2nc(-c3[c-]cccc3)n3c2oc2cc(C(C)(C)C)ccc23)nc(-c2[c-]ccc3c2oc2ccccc23)c1.[Pt+2]. The number of hydrogen-bond donors (Lipinski definition) is 0. The first-order valence-electron chi connectivity index (χ1n) is 17.4. The number of benzene rings is 5. The van der Waals surface area contributed by atoms with Gasteiger partial charge in [-0.2, -0.15) is 0 Å². The van der Waals surface area contributed by atoms with Crippen molar-refractivity contribution in [3.63, 3.8) is 0 Å². The molecule has 0 aliphatic rings. The molecule has 0 aliphatic heterocycles. The van der Waals surface area contributed by atoms with Gasteiger partial charge in [0.1, 0.15) is 11.3 Å². The van der Waals surface area contributed by atoms with E-state index in [0.29, 0.717) is 5.71 Å². The van der Waals surface area contributed by atoms with Crippen molar-refractivity contribution in [3.05, 3.63) is 139 Å². The third kappa shape index (κ3) is 5.59. The number of aromatic nitrogens is 3. The Morgan fingerprint density at radius 3 is 2.10 bits per heavy atom. The molecule has 5 nitrogen and oxygen atoms in total. The minimum Gasteiger partial charge on any atom is -0.501 e. The molecule has 0 saturated carbocycles. The fourth-order valence-corrected chi connectivity index (χ4v) is 6.99. The van der Waals surface area contributed by atoms with Crippen molar-refractivity contribution >= 4 is 38.8 Å². The third-order valence-corrected chi connectivity index (χ3v) is 9.80. The van der Waals surface area contributed by atoms with Gasteiger partial charge in [-0.05, 0) is 51.9 Å². The molecule has 0 saturated heterocycles. The van der Waals surface area contributed by atoms with Gasteiger partial charge in [0.05, 0.1) is 22.6 Å². The van der Waals surface area contributed by atoms with Gasteiger partial charge in [-0.25, -0.2) is 0 Å². The van der Waals surface area contributed by atoms with Crippen LogP contribution >= 0.6 is 0 Å². The standard InChI is InChI=1S/C46H37N3O2.Pt/c1-45(2,3)29-23-24-38-40(27-29)51-44-41(48-43(49(38)44)28-15-8-7-9-16-28)33-19-11-10-17-31(33)36-25-30(46(4,5)6)26-37(47-36)35-21-14-20-34-32-18-12-13-22-39(32)50-42(34)35;/h7-15,17-20,22-27H,1-6H3;/q-2;+2. The zero-order chi connectivity index (χ0) is 35.1. The second-order valence-electron chi connectivity index (χ2n) is 15.4. The van der Waals surface area contributed by atoms with E-state index in [1.165, 1.54) is 5.56 Å². The predicted molar refractivity (Wildman–Crippen MR) is 207 cm³/mol. The van der Waals surface area contributed by atoms with Crippen LogP contribution in [0.25, 0.3) is 83.9 Å². The molecule has 9 aromatic rings. The molecule has 9 rings (SSSR count). The molecule has 0 atom stereocenters. The number of furan rings is 1. The molecular weight excluding hydrogens is 822 g/mol. The van der Waals surface area contributed by atoms with Crippen LogP contribution in [0.15, 0.2) is 124 Å². The second-order valence-corrected chi connectivity index (χ2v) is 15.4. The normalized spacial score (nSPS) is 12.3. The fourth-order valence-electron chi connectivity index (χ4n) is 6.99. The first-order chi connectivity index (χ1) is 24.5. The molecule has 258 valence electrons. The smallest absolute Gasteiger partial charge is 0.501 e. The molecule has 0 radical (unpaired) electrons. The summed E-state index contributed by atoms with van der Waals surface area (Å²) in [6, 6.07) is 46.2. The van der Waals surface area contributed by atoms with Gasteiger partial charge in [-0.3, -0.25) is 14.4 Å². The summed E-state index contributed by atoms with van der Waals surface area (Å²) in [6.07, 6.45) is 0. The van der Waals surface area contributed by atoms with Crippen molar-refractivity contribution in [3.8, 4) is 45.2 Å². The van der Waals surface area contributed by atoms with Gasteiger partial charge in [0.15, 0.2) is 5.58 Å². The van der Waals surface area contributed by atoms with Gasteiger partial charge < -0.3 is 8.83 Å². The van der Waals surface area contributed by atoms with E-state index in [9.17, 15) is 0 Å². The summed E-state index contributed by atoms with van der Waals surface area (Å²) in [5.74, 6) is 0.779. The monoisotopic (exact) mass is 858 g/mol. The van der Waals surface area contributed by atoms with Crippen LogP contribution in [-0.2, 0) is 31.9 Å². The molecule has 0 amide bonds. The Labute approximate surface area is 317 Å². The Morgan fingerprint density at radius 1 is 0.596 bits per heavy atom. The van der Waals surface area contributed by atoms with Crippen LogP contribution < -0.4 is 0 Å². The number of imidazole rings is 1. The zero-order valence-corrected chi connectivity index (χ0v) is 32.2. The molecule has 5 aromatic carbocycles. The van der Waals surface area contributed by atoms with E-state index < -0.39 is 0 Å². The first kappa shape index (κ1) is 33.9. The van der Waals surface area contributed by atoms with E-state index in [2.05, 4.69) is 125 Å². The number of fused-ring (bicyclic) bond motifs is 6. The maximum absolute atomic E-state index is 6.76. The summed E-state index contributed by atoms with van der Waals surface area (Å²) >= 11 is 0. The van der Waals surface area contributed by atoms with Crippen LogP contribution in [0.1, 0.15) is 52.7 Å². The van der Waals surface area contributed by atoms with E-state index in [0.717, 1.165) is 83.8 Å². The molecule has 4 aromatic heterocycles. The van der Waals surface area contributed by atoms with Gasteiger partial charge in [-0.1, -0.05) is 107 Å². The van der Waals surface area contributed by atoms with Crippen LogP contribution in [0.2, 0.25) is 0 Å². The van der Waals surface area contributed by atoms with Gasteiger partial charge in [0, 0.05) is 16.5 Å². The molecule has 4 heterocycles. The molecule has 0 aliphatic carbocycles. The number of para-hydroxylation sites is 1. The van der Waals surface area contributed by atoms with Crippen LogP contribution in [0, 0.1) is 12.1 Å². The van der Waals surface area contributed by atoms with Crippen molar-refractivity contribution in [1.82, 2.24) is 14.4 Å². The molecule has 0 spiro atoms. The Kier molecular flexibility index (Phi) is 8.11.